The molecule has 3 rings (SSSR count). The summed E-state index contributed by atoms with van der Waals surface area (Å²) >= 11 is 0. The predicted molar refractivity (Wildman–Crippen MR) is 68.8 cm³/mol. The van der Waals surface area contributed by atoms with Gasteiger partial charge in [-0.3, -0.25) is 4.79 Å². The van der Waals surface area contributed by atoms with E-state index in [-0.39, 0.29) is 5.91 Å². The van der Waals surface area contributed by atoms with E-state index in [2.05, 4.69) is 27.1 Å². The first-order chi connectivity index (χ1) is 8.66. The van der Waals surface area contributed by atoms with Gasteiger partial charge in [-0.05, 0) is 33.1 Å². The van der Waals surface area contributed by atoms with Crippen molar-refractivity contribution >= 4 is 11.7 Å². The first-order valence-corrected chi connectivity index (χ1v) is 6.59. The summed E-state index contributed by atoms with van der Waals surface area (Å²) in [4.78, 5) is 23.1. The van der Waals surface area contributed by atoms with E-state index in [9.17, 15) is 4.79 Å². The topological polar surface area (TPSA) is 58.1 Å². The van der Waals surface area contributed by atoms with Crippen LogP contribution in [0.5, 0.6) is 0 Å². The lowest BCUT2D eigenvalue weighted by atomic mass is 10.1. The summed E-state index contributed by atoms with van der Waals surface area (Å²) < 4.78 is 0. The standard InChI is InChI=1S/C13H18N4O/c1-8-4-3-7-17(8)12-10-5-6-14-13(18)11(10)15-9(2)16-12/h8H,3-7H2,1-2H3,(H,14,18). The van der Waals surface area contributed by atoms with Gasteiger partial charge in [0.2, 0.25) is 0 Å². The third kappa shape index (κ3) is 1.74. The molecule has 1 atom stereocenters. The van der Waals surface area contributed by atoms with Crippen LogP contribution in [0.25, 0.3) is 0 Å². The lowest BCUT2D eigenvalue weighted by Crippen LogP contribution is -2.36. The molecule has 0 aliphatic carbocycles. The quantitative estimate of drug-likeness (QED) is 0.805. The van der Waals surface area contributed by atoms with E-state index in [4.69, 9.17) is 0 Å². The van der Waals surface area contributed by atoms with Gasteiger partial charge in [0.15, 0.2) is 0 Å². The van der Waals surface area contributed by atoms with Gasteiger partial charge in [-0.25, -0.2) is 9.97 Å². The average Bonchev–Trinajstić information content (AvgIpc) is 2.76. The number of amides is 1. The van der Waals surface area contributed by atoms with Crippen LogP contribution in [-0.4, -0.2) is 35.0 Å². The molecule has 0 saturated carbocycles. The van der Waals surface area contributed by atoms with Crippen molar-refractivity contribution in [1.29, 1.82) is 0 Å². The molecule has 1 saturated heterocycles. The minimum atomic E-state index is -0.0603. The number of hydrogen-bond donors (Lipinski definition) is 1. The molecular weight excluding hydrogens is 228 g/mol. The predicted octanol–water partition coefficient (Wildman–Crippen LogP) is 1.06. The molecule has 3 heterocycles. The highest BCUT2D eigenvalue weighted by Crippen LogP contribution is 2.29. The number of carbonyl (C=O) groups is 1. The molecule has 2 aliphatic heterocycles. The molecule has 5 nitrogen and oxygen atoms in total. The maximum absolute atomic E-state index is 11.9. The van der Waals surface area contributed by atoms with Gasteiger partial charge in [-0.2, -0.15) is 0 Å². The normalized spacial score (nSPS) is 22.9. The van der Waals surface area contributed by atoms with E-state index >= 15 is 0 Å². The van der Waals surface area contributed by atoms with Gasteiger partial charge < -0.3 is 10.2 Å². The number of nitrogens with one attached hydrogen (secondary N) is 1. The number of aryl methyl sites for hydroxylation is 1. The van der Waals surface area contributed by atoms with Crippen LogP contribution in [0.1, 0.15) is 41.6 Å². The van der Waals surface area contributed by atoms with Crippen LogP contribution in [0.15, 0.2) is 0 Å². The minimum absolute atomic E-state index is 0.0603. The van der Waals surface area contributed by atoms with Gasteiger partial charge in [0.25, 0.3) is 5.91 Å². The Hall–Kier alpha value is -1.65. The maximum Gasteiger partial charge on any atom is 0.270 e. The van der Waals surface area contributed by atoms with Gasteiger partial charge in [-0.15, -0.1) is 0 Å². The number of carbonyl (C=O) groups excluding carboxylic acids is 1. The van der Waals surface area contributed by atoms with Crippen LogP contribution in [0, 0.1) is 6.92 Å². The highest BCUT2D eigenvalue weighted by Gasteiger charge is 2.29. The second-order valence-electron chi connectivity index (χ2n) is 5.11. The van der Waals surface area contributed by atoms with E-state index in [0.29, 0.717) is 24.1 Å². The van der Waals surface area contributed by atoms with Gasteiger partial charge in [0.1, 0.15) is 17.3 Å². The maximum atomic E-state index is 11.9. The van der Waals surface area contributed by atoms with Crippen LogP contribution in [0.2, 0.25) is 0 Å². The summed E-state index contributed by atoms with van der Waals surface area (Å²) in [5, 5.41) is 2.85. The monoisotopic (exact) mass is 246 g/mol. The Balaban J connectivity index is 2.11. The number of hydrogen-bond acceptors (Lipinski definition) is 4. The third-order valence-electron chi connectivity index (χ3n) is 3.80. The lowest BCUT2D eigenvalue weighted by Gasteiger charge is -2.28. The van der Waals surface area contributed by atoms with Crippen LogP contribution < -0.4 is 10.2 Å². The third-order valence-corrected chi connectivity index (χ3v) is 3.80. The Morgan fingerprint density at radius 2 is 2.22 bits per heavy atom. The fraction of sp³-hybridized carbons (Fsp3) is 0.615. The molecule has 0 bridgehead atoms. The van der Waals surface area contributed by atoms with E-state index in [1.807, 2.05) is 6.92 Å². The SMILES string of the molecule is Cc1nc2c(c(N3CCCC3C)n1)CCNC2=O. The smallest absolute Gasteiger partial charge is 0.270 e. The van der Waals surface area contributed by atoms with Crippen molar-refractivity contribution in [3.8, 4) is 0 Å². The molecule has 0 aromatic carbocycles. The van der Waals surface area contributed by atoms with Crippen molar-refractivity contribution < 1.29 is 4.79 Å². The van der Waals surface area contributed by atoms with Gasteiger partial charge in [-0.1, -0.05) is 0 Å². The van der Waals surface area contributed by atoms with Crippen LogP contribution in [-0.2, 0) is 6.42 Å². The van der Waals surface area contributed by atoms with E-state index in [1.165, 1.54) is 12.8 Å². The second kappa shape index (κ2) is 4.23. The first kappa shape index (κ1) is 11.4. The molecule has 1 aromatic heterocycles. The Labute approximate surface area is 107 Å². The molecule has 1 aromatic rings. The summed E-state index contributed by atoms with van der Waals surface area (Å²) in [6.07, 6.45) is 3.23. The fourth-order valence-electron chi connectivity index (χ4n) is 2.87. The van der Waals surface area contributed by atoms with Crippen molar-refractivity contribution in [3.63, 3.8) is 0 Å². The molecule has 5 heteroatoms. The van der Waals surface area contributed by atoms with E-state index < -0.39 is 0 Å². The van der Waals surface area contributed by atoms with Gasteiger partial charge in [0, 0.05) is 24.7 Å². The van der Waals surface area contributed by atoms with E-state index in [0.717, 1.165) is 24.3 Å². The molecule has 2 aliphatic rings. The molecule has 0 radical (unpaired) electrons. The highest BCUT2D eigenvalue weighted by molar-refractivity contribution is 5.96. The number of nitrogens with zero attached hydrogens (tertiary/aromatic N) is 3. The zero-order chi connectivity index (χ0) is 12.7. The Morgan fingerprint density at radius 1 is 1.39 bits per heavy atom. The molecule has 1 amide bonds. The Kier molecular flexibility index (Phi) is 2.69. The van der Waals surface area contributed by atoms with Crippen molar-refractivity contribution in [3.05, 3.63) is 17.1 Å². The van der Waals surface area contributed by atoms with Crippen molar-refractivity contribution in [2.75, 3.05) is 18.0 Å². The zero-order valence-corrected chi connectivity index (χ0v) is 10.9. The summed E-state index contributed by atoms with van der Waals surface area (Å²) in [6, 6.07) is 0.508. The Morgan fingerprint density at radius 3 is 2.94 bits per heavy atom. The number of fused-ring (bicyclic) bond motifs is 1. The van der Waals surface area contributed by atoms with Crippen LogP contribution >= 0.6 is 0 Å². The lowest BCUT2D eigenvalue weighted by molar-refractivity contribution is 0.0940. The van der Waals surface area contributed by atoms with Gasteiger partial charge in [0.05, 0.1) is 0 Å². The van der Waals surface area contributed by atoms with Crippen molar-refractivity contribution in [2.24, 2.45) is 0 Å². The number of rotatable bonds is 1. The van der Waals surface area contributed by atoms with Gasteiger partial charge >= 0.3 is 0 Å². The Bertz CT molecular complexity index is 500. The highest BCUT2D eigenvalue weighted by atomic mass is 16.1. The summed E-state index contributed by atoms with van der Waals surface area (Å²) in [7, 11) is 0. The minimum Gasteiger partial charge on any atom is -0.354 e. The summed E-state index contributed by atoms with van der Waals surface area (Å²) in [5.74, 6) is 1.60. The molecule has 1 fully saturated rings. The number of aromatic nitrogens is 2. The fourth-order valence-corrected chi connectivity index (χ4v) is 2.87. The molecule has 96 valence electrons. The first-order valence-electron chi connectivity index (χ1n) is 6.59. The molecule has 0 spiro atoms. The molecule has 1 N–H and O–H groups in total. The van der Waals surface area contributed by atoms with Crippen molar-refractivity contribution in [1.82, 2.24) is 15.3 Å². The van der Waals surface area contributed by atoms with E-state index in [1.54, 1.807) is 0 Å². The summed E-state index contributed by atoms with van der Waals surface area (Å²) in [6.45, 7) is 5.80. The molecule has 18 heavy (non-hydrogen) atoms. The number of anilines is 1. The molecular formula is C13H18N4O. The average molecular weight is 246 g/mol. The summed E-state index contributed by atoms with van der Waals surface area (Å²) in [5.41, 5.74) is 1.60. The second-order valence-corrected chi connectivity index (χ2v) is 5.11. The van der Waals surface area contributed by atoms with Crippen LogP contribution in [0.3, 0.4) is 0 Å². The largest absolute Gasteiger partial charge is 0.354 e. The zero-order valence-electron chi connectivity index (χ0n) is 10.9. The van der Waals surface area contributed by atoms with Crippen molar-refractivity contribution in [2.45, 2.75) is 39.2 Å². The van der Waals surface area contributed by atoms with Crippen LogP contribution in [0.4, 0.5) is 5.82 Å². The molecule has 1 unspecified atom stereocenters.